The van der Waals surface area contributed by atoms with Gasteiger partial charge in [0.25, 0.3) is 5.91 Å². The Morgan fingerprint density at radius 2 is 2.15 bits per heavy atom. The van der Waals surface area contributed by atoms with Crippen LogP contribution >= 0.6 is 0 Å². The minimum absolute atomic E-state index is 0.153. The van der Waals surface area contributed by atoms with E-state index in [4.69, 9.17) is 10.5 Å². The lowest BCUT2D eigenvalue weighted by Gasteiger charge is -2.23. The summed E-state index contributed by atoms with van der Waals surface area (Å²) in [6.45, 7) is 0.383. The number of carbonyl (C=O) groups excluding carboxylic acids is 2. The first-order valence-electron chi connectivity index (χ1n) is 11.3. The van der Waals surface area contributed by atoms with E-state index in [-0.39, 0.29) is 23.6 Å². The number of nitrogens with one attached hydrogen (secondary N) is 3. The largest absolute Gasteiger partial charge is 0.496 e. The van der Waals surface area contributed by atoms with Gasteiger partial charge in [0.05, 0.1) is 12.6 Å². The number of aromatic nitrogens is 3. The number of methoxy groups -OCH3 is 1. The zero-order valence-electron chi connectivity index (χ0n) is 18.9. The third-order valence-electron chi connectivity index (χ3n) is 6.10. The van der Waals surface area contributed by atoms with E-state index in [1.54, 1.807) is 12.1 Å². The van der Waals surface area contributed by atoms with E-state index in [0.29, 0.717) is 36.5 Å². The molecule has 34 heavy (non-hydrogen) atoms. The Bertz CT molecular complexity index is 1220. The van der Waals surface area contributed by atoms with Crippen LogP contribution in [-0.4, -0.2) is 52.7 Å². The molecule has 11 heteroatoms. The van der Waals surface area contributed by atoms with Gasteiger partial charge >= 0.3 is 5.76 Å². The van der Waals surface area contributed by atoms with Crippen molar-refractivity contribution >= 4 is 22.7 Å². The van der Waals surface area contributed by atoms with Gasteiger partial charge in [-0.15, -0.1) is 0 Å². The standard InChI is InChI=1S/C23H28N6O5/c1-33-19-12-18(25-15-8-3-2-6-13(15)19)22(31)27-17(10-5-11-24)21(30)26-16-9-4-7-14(16)20-28-23(32)34-29-20/h2-3,6,8,12,14,16-17H,4-5,7,9-11,24H2,1H3,(H,26,30)(H,27,31)(H,28,29,32)/t14-,16+,17+/m1/s1. The summed E-state index contributed by atoms with van der Waals surface area (Å²) in [4.78, 5) is 44.6. The molecule has 0 unspecified atom stereocenters. The van der Waals surface area contributed by atoms with E-state index in [1.807, 2.05) is 18.2 Å². The number of pyridine rings is 1. The summed E-state index contributed by atoms with van der Waals surface area (Å²) in [5.41, 5.74) is 6.43. The van der Waals surface area contributed by atoms with Crippen molar-refractivity contribution in [3.63, 3.8) is 0 Å². The van der Waals surface area contributed by atoms with Crippen molar-refractivity contribution < 1.29 is 18.8 Å². The maximum Gasteiger partial charge on any atom is 0.438 e. The number of para-hydroxylation sites is 1. The maximum atomic E-state index is 13.2. The molecule has 3 atom stereocenters. The SMILES string of the molecule is COc1cc(C(=O)N[C@@H](CCCN)C(=O)N[C@H]2CCC[C@H]2c2noc(=O)[nH]2)nc2ccccc12. The zero-order valence-corrected chi connectivity index (χ0v) is 18.9. The smallest absolute Gasteiger partial charge is 0.438 e. The normalized spacial score (nSPS) is 18.5. The number of nitrogens with zero attached hydrogens (tertiary/aromatic N) is 2. The quantitative estimate of drug-likeness (QED) is 0.364. The summed E-state index contributed by atoms with van der Waals surface area (Å²) in [5.74, 6) is -0.648. The maximum absolute atomic E-state index is 13.2. The van der Waals surface area contributed by atoms with Crippen LogP contribution in [0.4, 0.5) is 0 Å². The predicted octanol–water partition coefficient (Wildman–Crippen LogP) is 1.21. The summed E-state index contributed by atoms with van der Waals surface area (Å²) < 4.78 is 10.0. The second-order valence-corrected chi connectivity index (χ2v) is 8.32. The molecule has 11 nitrogen and oxygen atoms in total. The number of ether oxygens (including phenoxy) is 1. The molecule has 2 heterocycles. The lowest BCUT2D eigenvalue weighted by atomic mass is 10.0. The molecular weight excluding hydrogens is 440 g/mol. The summed E-state index contributed by atoms with van der Waals surface area (Å²) in [7, 11) is 1.53. The predicted molar refractivity (Wildman–Crippen MR) is 123 cm³/mol. The molecule has 1 saturated carbocycles. The summed E-state index contributed by atoms with van der Waals surface area (Å²) in [6.07, 6.45) is 3.28. The van der Waals surface area contributed by atoms with Gasteiger partial charge in [0.15, 0.2) is 5.82 Å². The lowest BCUT2D eigenvalue weighted by Crippen LogP contribution is -2.50. The average Bonchev–Trinajstić information content (AvgIpc) is 3.49. The van der Waals surface area contributed by atoms with Gasteiger partial charge in [-0.1, -0.05) is 23.7 Å². The van der Waals surface area contributed by atoms with Gasteiger partial charge in [0.2, 0.25) is 5.91 Å². The number of nitrogens with two attached hydrogens (primary N) is 1. The van der Waals surface area contributed by atoms with E-state index in [1.165, 1.54) is 7.11 Å². The molecule has 2 aromatic heterocycles. The molecule has 1 aliphatic carbocycles. The van der Waals surface area contributed by atoms with Crippen LogP contribution in [0, 0.1) is 0 Å². The van der Waals surface area contributed by atoms with Crippen LogP contribution in [0.1, 0.15) is 54.3 Å². The van der Waals surface area contributed by atoms with E-state index < -0.39 is 17.7 Å². The number of amides is 2. The number of carbonyl (C=O) groups is 2. The highest BCUT2D eigenvalue weighted by molar-refractivity contribution is 5.99. The van der Waals surface area contributed by atoms with Gasteiger partial charge in [-0.3, -0.25) is 19.1 Å². The molecule has 4 rings (SSSR count). The number of fused-ring (bicyclic) bond motifs is 1. The topological polar surface area (TPSA) is 165 Å². The molecule has 1 fully saturated rings. The molecule has 3 aromatic rings. The second kappa shape index (κ2) is 10.5. The van der Waals surface area contributed by atoms with Crippen molar-refractivity contribution in [1.29, 1.82) is 0 Å². The molecule has 180 valence electrons. The van der Waals surface area contributed by atoms with Crippen LogP contribution in [0.15, 0.2) is 39.6 Å². The van der Waals surface area contributed by atoms with Crippen molar-refractivity contribution in [2.75, 3.05) is 13.7 Å². The Labute approximate surface area is 195 Å². The first kappa shape index (κ1) is 23.4. The highest BCUT2D eigenvalue weighted by Crippen LogP contribution is 2.32. The number of hydrogen-bond donors (Lipinski definition) is 4. The Hall–Kier alpha value is -3.73. The highest BCUT2D eigenvalue weighted by Gasteiger charge is 2.34. The summed E-state index contributed by atoms with van der Waals surface area (Å²) in [6, 6.07) is 7.88. The van der Waals surface area contributed by atoms with Crippen LogP contribution < -0.4 is 26.9 Å². The Kier molecular flexibility index (Phi) is 7.21. The molecule has 0 spiro atoms. The van der Waals surface area contributed by atoms with E-state index in [0.717, 1.165) is 24.6 Å². The fourth-order valence-corrected chi connectivity index (χ4v) is 4.40. The minimum Gasteiger partial charge on any atom is -0.496 e. The van der Waals surface area contributed by atoms with E-state index >= 15 is 0 Å². The summed E-state index contributed by atoms with van der Waals surface area (Å²) >= 11 is 0. The Morgan fingerprint density at radius 3 is 2.88 bits per heavy atom. The first-order valence-corrected chi connectivity index (χ1v) is 11.3. The Morgan fingerprint density at radius 1 is 1.32 bits per heavy atom. The van der Waals surface area contributed by atoms with Gasteiger partial charge < -0.3 is 21.1 Å². The van der Waals surface area contributed by atoms with Crippen molar-refractivity contribution in [2.45, 2.75) is 50.1 Å². The number of aromatic amines is 1. The monoisotopic (exact) mass is 468 g/mol. The molecule has 0 radical (unpaired) electrons. The van der Waals surface area contributed by atoms with E-state index in [9.17, 15) is 14.4 Å². The minimum atomic E-state index is -0.798. The number of benzene rings is 1. The first-order chi connectivity index (χ1) is 16.5. The highest BCUT2D eigenvalue weighted by atomic mass is 16.5. The molecule has 0 aliphatic heterocycles. The fourth-order valence-electron chi connectivity index (χ4n) is 4.40. The average molecular weight is 469 g/mol. The molecule has 5 N–H and O–H groups in total. The van der Waals surface area contributed by atoms with Gasteiger partial charge in [0.1, 0.15) is 17.5 Å². The van der Waals surface area contributed by atoms with Gasteiger partial charge in [-0.05, 0) is 44.4 Å². The van der Waals surface area contributed by atoms with Crippen LogP contribution in [0.25, 0.3) is 10.9 Å². The van der Waals surface area contributed by atoms with Crippen LogP contribution in [0.2, 0.25) is 0 Å². The molecule has 2 amide bonds. The van der Waals surface area contributed by atoms with Gasteiger partial charge in [-0.2, -0.15) is 0 Å². The van der Waals surface area contributed by atoms with Crippen molar-refractivity contribution in [3.05, 3.63) is 52.4 Å². The summed E-state index contributed by atoms with van der Waals surface area (Å²) in [5, 5.41) is 10.4. The Balaban J connectivity index is 1.50. The lowest BCUT2D eigenvalue weighted by molar-refractivity contribution is -0.123. The van der Waals surface area contributed by atoms with Gasteiger partial charge in [0, 0.05) is 23.4 Å². The van der Waals surface area contributed by atoms with Crippen LogP contribution in [-0.2, 0) is 4.79 Å². The van der Waals surface area contributed by atoms with Gasteiger partial charge in [-0.25, -0.2) is 9.78 Å². The van der Waals surface area contributed by atoms with E-state index in [2.05, 4.69) is 30.3 Å². The molecule has 1 aliphatic rings. The molecule has 0 bridgehead atoms. The number of rotatable bonds is 9. The van der Waals surface area contributed by atoms with Crippen molar-refractivity contribution in [2.24, 2.45) is 5.73 Å². The fraction of sp³-hybridized carbons (Fsp3) is 0.435. The number of H-pyrrole nitrogens is 1. The zero-order chi connectivity index (χ0) is 24.1. The van der Waals surface area contributed by atoms with Crippen molar-refractivity contribution in [3.8, 4) is 5.75 Å². The van der Waals surface area contributed by atoms with Crippen LogP contribution in [0.3, 0.4) is 0 Å². The number of hydrogen-bond acceptors (Lipinski definition) is 8. The molecular formula is C23H28N6O5. The van der Waals surface area contributed by atoms with Crippen LogP contribution in [0.5, 0.6) is 5.75 Å². The molecule has 0 saturated heterocycles. The third-order valence-corrected chi connectivity index (χ3v) is 6.10. The van der Waals surface area contributed by atoms with Crippen molar-refractivity contribution in [1.82, 2.24) is 25.8 Å². The second-order valence-electron chi connectivity index (χ2n) is 8.32. The molecule has 1 aromatic carbocycles. The third kappa shape index (κ3) is 5.09.